The van der Waals surface area contributed by atoms with Crippen LogP contribution in [0.4, 0.5) is 4.39 Å². The largest absolute Gasteiger partial charge is 0.497 e. The molecule has 0 radical (unpaired) electrons. The average Bonchev–Trinajstić information content (AvgIpc) is 2.69. The summed E-state index contributed by atoms with van der Waals surface area (Å²) in [6.07, 6.45) is 1.93. The van der Waals surface area contributed by atoms with Gasteiger partial charge in [-0.1, -0.05) is 43.3 Å². The van der Waals surface area contributed by atoms with Crippen LogP contribution in [0.5, 0.6) is 5.75 Å². The Bertz CT molecular complexity index is 654. The number of benzene rings is 2. The van der Waals surface area contributed by atoms with Crippen LogP contribution in [0.1, 0.15) is 31.7 Å². The molecule has 1 atom stereocenters. The van der Waals surface area contributed by atoms with E-state index in [4.69, 9.17) is 4.74 Å². The SMILES string of the molecule is CC[C@H](C)c1ccc(Br)c(F)c1.COc1ccccc1.N/C=N/OC=O. The standard InChI is InChI=1S/C10H12BrF.C7H8O.C2H4N2O2/c1-3-7(2)8-4-5-9(11)10(12)6-8;1-8-7-5-3-2-4-6-7;3-1-4-6-2-5/h4-7H,3H2,1-2H3;2-6H,1H3;1-2H,(H2,3,4)/t7-;;/m0../s1. The zero-order valence-electron chi connectivity index (χ0n) is 15.1. The highest BCUT2D eigenvalue weighted by molar-refractivity contribution is 9.10. The Hall–Kier alpha value is -2.41. The molecule has 0 saturated heterocycles. The fraction of sp³-hybridized carbons (Fsp3) is 0.263. The molecule has 0 spiro atoms. The zero-order chi connectivity index (χ0) is 19.8. The first-order valence-electron chi connectivity index (χ1n) is 7.87. The van der Waals surface area contributed by atoms with Crippen molar-refractivity contribution in [3.05, 3.63) is 64.4 Å². The van der Waals surface area contributed by atoms with Crippen molar-refractivity contribution in [2.45, 2.75) is 26.2 Å². The molecule has 0 heterocycles. The van der Waals surface area contributed by atoms with Gasteiger partial charge in [-0.25, -0.2) is 4.39 Å². The maximum atomic E-state index is 13.0. The lowest BCUT2D eigenvalue weighted by atomic mass is 9.99. The van der Waals surface area contributed by atoms with E-state index in [2.05, 4.69) is 45.5 Å². The Morgan fingerprint density at radius 2 is 1.92 bits per heavy atom. The lowest BCUT2D eigenvalue weighted by Crippen LogP contribution is -1.92. The van der Waals surface area contributed by atoms with Crippen molar-refractivity contribution in [3.8, 4) is 5.75 Å². The summed E-state index contributed by atoms with van der Waals surface area (Å²) >= 11 is 3.13. The van der Waals surface area contributed by atoms with Crippen molar-refractivity contribution in [3.63, 3.8) is 0 Å². The first-order valence-corrected chi connectivity index (χ1v) is 8.66. The van der Waals surface area contributed by atoms with Crippen LogP contribution in [0.2, 0.25) is 0 Å². The Balaban J connectivity index is 0.000000388. The van der Waals surface area contributed by atoms with Crippen molar-refractivity contribution < 1.29 is 18.8 Å². The number of methoxy groups -OCH3 is 1. The minimum atomic E-state index is -0.173. The van der Waals surface area contributed by atoms with Gasteiger partial charge in [-0.05, 0) is 58.1 Å². The molecule has 142 valence electrons. The third-order valence-electron chi connectivity index (χ3n) is 3.27. The molecule has 26 heavy (non-hydrogen) atoms. The van der Waals surface area contributed by atoms with Crippen LogP contribution >= 0.6 is 15.9 Å². The fourth-order valence-electron chi connectivity index (χ4n) is 1.67. The van der Waals surface area contributed by atoms with Gasteiger partial charge in [0.1, 0.15) is 17.9 Å². The van der Waals surface area contributed by atoms with Gasteiger partial charge in [0.25, 0.3) is 0 Å². The molecule has 0 aliphatic rings. The second-order valence-electron chi connectivity index (χ2n) is 4.96. The van der Waals surface area contributed by atoms with Crippen molar-refractivity contribution >= 4 is 28.7 Å². The second kappa shape index (κ2) is 14.9. The molecule has 0 fully saturated rings. The number of rotatable bonds is 5. The van der Waals surface area contributed by atoms with E-state index in [9.17, 15) is 9.18 Å². The number of oxime groups is 1. The first kappa shape index (κ1) is 23.6. The number of carbonyl (C=O) groups is 1. The number of nitrogens with two attached hydrogens (primary N) is 1. The molecule has 0 bridgehead atoms. The molecule has 7 heteroatoms. The number of para-hydroxylation sites is 1. The van der Waals surface area contributed by atoms with E-state index < -0.39 is 0 Å². The highest BCUT2D eigenvalue weighted by atomic mass is 79.9. The molecule has 2 aromatic rings. The molecule has 0 unspecified atom stereocenters. The van der Waals surface area contributed by atoms with Gasteiger partial charge in [0.05, 0.1) is 11.6 Å². The maximum absolute atomic E-state index is 13.0. The number of halogens is 2. The van der Waals surface area contributed by atoms with Crippen molar-refractivity contribution in [1.82, 2.24) is 0 Å². The van der Waals surface area contributed by atoms with Gasteiger partial charge in [0.2, 0.25) is 0 Å². The van der Waals surface area contributed by atoms with Crippen molar-refractivity contribution in [1.29, 1.82) is 0 Å². The van der Waals surface area contributed by atoms with E-state index in [0.29, 0.717) is 10.4 Å². The van der Waals surface area contributed by atoms with Crippen molar-refractivity contribution in [2.24, 2.45) is 10.9 Å². The summed E-state index contributed by atoms with van der Waals surface area (Å²) in [6.45, 7) is 4.39. The number of nitrogens with zero attached hydrogens (tertiary/aromatic N) is 1. The molecule has 5 nitrogen and oxygen atoms in total. The number of carbonyl (C=O) groups excluding carboxylic acids is 1. The third kappa shape index (κ3) is 10.5. The summed E-state index contributed by atoms with van der Waals surface area (Å²) in [7, 11) is 1.66. The first-order chi connectivity index (χ1) is 12.5. The van der Waals surface area contributed by atoms with Crippen LogP contribution in [0.3, 0.4) is 0 Å². The van der Waals surface area contributed by atoms with E-state index in [-0.39, 0.29) is 12.3 Å². The van der Waals surface area contributed by atoms with Gasteiger partial charge in [0.15, 0.2) is 0 Å². The quantitative estimate of drug-likeness (QED) is 0.243. The summed E-state index contributed by atoms with van der Waals surface area (Å²) < 4.78 is 18.5. The smallest absolute Gasteiger partial charge is 0.323 e. The van der Waals surface area contributed by atoms with E-state index in [1.54, 1.807) is 19.2 Å². The van der Waals surface area contributed by atoms with E-state index in [0.717, 1.165) is 24.1 Å². The van der Waals surface area contributed by atoms with E-state index in [1.807, 2.05) is 36.4 Å². The van der Waals surface area contributed by atoms with Gasteiger partial charge in [-0.3, -0.25) is 4.79 Å². The Morgan fingerprint density at radius 1 is 1.27 bits per heavy atom. The topological polar surface area (TPSA) is 73.9 Å². The summed E-state index contributed by atoms with van der Waals surface area (Å²) in [5, 5.41) is 2.88. The van der Waals surface area contributed by atoms with Crippen LogP contribution < -0.4 is 10.5 Å². The summed E-state index contributed by atoms with van der Waals surface area (Å²) in [4.78, 5) is 12.9. The molecule has 0 aliphatic heterocycles. The molecular formula is C19H24BrFN2O3. The minimum absolute atomic E-state index is 0.173. The predicted octanol–water partition coefficient (Wildman–Crippen LogP) is 4.86. The highest BCUT2D eigenvalue weighted by Gasteiger charge is 2.05. The minimum Gasteiger partial charge on any atom is -0.497 e. The monoisotopic (exact) mass is 426 g/mol. The van der Waals surface area contributed by atoms with Crippen LogP contribution in [0, 0.1) is 5.82 Å². The highest BCUT2D eigenvalue weighted by Crippen LogP contribution is 2.23. The normalized spacial score (nSPS) is 10.7. The Kier molecular flexibility index (Phi) is 13.5. The molecular weight excluding hydrogens is 403 g/mol. The molecule has 2 N–H and O–H groups in total. The summed E-state index contributed by atoms with van der Waals surface area (Å²) in [5.41, 5.74) is 5.71. The molecule has 2 rings (SSSR count). The molecule has 0 aromatic heterocycles. The van der Waals surface area contributed by atoms with Crippen molar-refractivity contribution in [2.75, 3.05) is 7.11 Å². The maximum Gasteiger partial charge on any atom is 0.323 e. The van der Waals surface area contributed by atoms with Crippen LogP contribution in [0.25, 0.3) is 0 Å². The van der Waals surface area contributed by atoms with E-state index >= 15 is 0 Å². The van der Waals surface area contributed by atoms with Gasteiger partial charge in [-0.2, -0.15) is 0 Å². The zero-order valence-corrected chi connectivity index (χ0v) is 16.6. The number of hydrogen-bond acceptors (Lipinski definition) is 4. The number of hydrogen-bond donors (Lipinski definition) is 1. The summed E-state index contributed by atoms with van der Waals surface area (Å²) in [6, 6.07) is 15.0. The van der Waals surface area contributed by atoms with Gasteiger partial charge < -0.3 is 15.3 Å². The second-order valence-corrected chi connectivity index (χ2v) is 5.81. The predicted molar refractivity (Wildman–Crippen MR) is 106 cm³/mol. The van der Waals surface area contributed by atoms with Gasteiger partial charge in [0, 0.05) is 0 Å². The lowest BCUT2D eigenvalue weighted by molar-refractivity contribution is -0.128. The molecule has 0 saturated carbocycles. The number of ether oxygens (including phenoxy) is 1. The Morgan fingerprint density at radius 3 is 2.31 bits per heavy atom. The van der Waals surface area contributed by atoms with Crippen LogP contribution in [-0.4, -0.2) is 19.9 Å². The van der Waals surface area contributed by atoms with E-state index in [1.165, 1.54) is 0 Å². The van der Waals surface area contributed by atoms with Crippen LogP contribution in [0.15, 0.2) is 58.2 Å². The van der Waals surface area contributed by atoms with Gasteiger partial charge >= 0.3 is 6.47 Å². The van der Waals surface area contributed by atoms with Gasteiger partial charge in [-0.15, -0.1) is 0 Å². The fourth-order valence-corrected chi connectivity index (χ4v) is 1.92. The van der Waals surface area contributed by atoms with Crippen LogP contribution in [-0.2, 0) is 9.63 Å². The molecule has 0 amide bonds. The summed E-state index contributed by atoms with van der Waals surface area (Å²) in [5.74, 6) is 1.17. The molecule has 0 aliphatic carbocycles. The lowest BCUT2D eigenvalue weighted by Gasteiger charge is -2.08. The average molecular weight is 427 g/mol. The molecule has 2 aromatic carbocycles. The Labute approximate surface area is 162 Å². The third-order valence-corrected chi connectivity index (χ3v) is 3.91.